The van der Waals surface area contributed by atoms with Crippen molar-refractivity contribution in [1.29, 1.82) is 0 Å². The highest BCUT2D eigenvalue weighted by molar-refractivity contribution is 6.33. The van der Waals surface area contributed by atoms with Gasteiger partial charge in [-0.25, -0.2) is 4.98 Å². The molecule has 0 aromatic carbocycles. The molecule has 1 atom stereocenters. The third-order valence-electron chi connectivity index (χ3n) is 2.48. The van der Waals surface area contributed by atoms with E-state index in [2.05, 4.69) is 10.3 Å². The lowest BCUT2D eigenvalue weighted by Crippen LogP contribution is -2.39. The molecule has 0 aliphatic rings. The maximum absolute atomic E-state index is 11.8. The van der Waals surface area contributed by atoms with E-state index in [1.54, 1.807) is 0 Å². The Morgan fingerprint density at radius 3 is 2.33 bits per heavy atom. The quantitative estimate of drug-likeness (QED) is 0.841. The van der Waals surface area contributed by atoms with Gasteiger partial charge in [-0.3, -0.25) is 4.79 Å². The van der Waals surface area contributed by atoms with E-state index in [0.29, 0.717) is 5.56 Å². The van der Waals surface area contributed by atoms with Gasteiger partial charge in [-0.1, -0.05) is 44.0 Å². The van der Waals surface area contributed by atoms with E-state index in [9.17, 15) is 9.90 Å². The van der Waals surface area contributed by atoms with Gasteiger partial charge in [0.05, 0.1) is 6.10 Å². The molecule has 0 spiro atoms. The van der Waals surface area contributed by atoms with E-state index in [0.717, 1.165) is 0 Å². The molecule has 0 aliphatic carbocycles. The second-order valence-corrected chi connectivity index (χ2v) is 5.87. The molecular formula is C12H16Cl2N2O2. The summed E-state index contributed by atoms with van der Waals surface area (Å²) in [5.74, 6) is -0.343. The van der Waals surface area contributed by atoms with Gasteiger partial charge < -0.3 is 10.4 Å². The summed E-state index contributed by atoms with van der Waals surface area (Å²) < 4.78 is 0. The lowest BCUT2D eigenvalue weighted by molar-refractivity contribution is 0.0587. The maximum Gasteiger partial charge on any atom is 0.251 e. The molecule has 0 saturated heterocycles. The molecule has 18 heavy (non-hydrogen) atoms. The van der Waals surface area contributed by atoms with Crippen LogP contribution in [0.5, 0.6) is 0 Å². The van der Waals surface area contributed by atoms with E-state index in [1.807, 2.05) is 20.8 Å². The molecular weight excluding hydrogens is 275 g/mol. The highest BCUT2D eigenvalue weighted by Gasteiger charge is 2.22. The number of aliphatic hydroxyl groups excluding tert-OH is 1. The van der Waals surface area contributed by atoms with Crippen LogP contribution in [0.25, 0.3) is 0 Å². The second kappa shape index (κ2) is 5.87. The molecule has 6 heteroatoms. The largest absolute Gasteiger partial charge is 0.391 e. The number of rotatable bonds is 3. The molecule has 0 aliphatic heterocycles. The van der Waals surface area contributed by atoms with Gasteiger partial charge in [0.2, 0.25) is 0 Å². The zero-order valence-electron chi connectivity index (χ0n) is 10.5. The first-order chi connectivity index (χ1) is 8.20. The fraction of sp³-hybridized carbons (Fsp3) is 0.500. The molecule has 0 fully saturated rings. The molecule has 100 valence electrons. The van der Waals surface area contributed by atoms with Gasteiger partial charge in [-0.15, -0.1) is 0 Å². The molecule has 2 N–H and O–H groups in total. The predicted octanol–water partition coefficient (Wildman–Crippen LogP) is 2.53. The van der Waals surface area contributed by atoms with Gasteiger partial charge >= 0.3 is 0 Å². The minimum Gasteiger partial charge on any atom is -0.391 e. The summed E-state index contributed by atoms with van der Waals surface area (Å²) in [5.41, 5.74) is 0.0296. The number of nitrogens with one attached hydrogen (secondary N) is 1. The molecule has 0 radical (unpaired) electrons. The molecule has 1 rings (SSSR count). The number of hydrogen-bond acceptors (Lipinski definition) is 3. The van der Waals surface area contributed by atoms with Gasteiger partial charge in [0.1, 0.15) is 10.3 Å². The third-order valence-corrected chi connectivity index (χ3v) is 2.87. The molecule has 0 bridgehead atoms. The van der Waals surface area contributed by atoms with Crippen molar-refractivity contribution in [3.8, 4) is 0 Å². The number of pyridine rings is 1. The predicted molar refractivity (Wildman–Crippen MR) is 72.1 cm³/mol. The van der Waals surface area contributed by atoms with E-state index in [4.69, 9.17) is 23.2 Å². The molecule has 4 nitrogen and oxygen atoms in total. The minimum absolute atomic E-state index is 0.156. The highest BCUT2D eigenvalue weighted by atomic mass is 35.5. The maximum atomic E-state index is 11.8. The molecule has 1 aromatic heterocycles. The molecule has 1 unspecified atom stereocenters. The van der Waals surface area contributed by atoms with Crippen LogP contribution in [0.15, 0.2) is 12.1 Å². The van der Waals surface area contributed by atoms with Crippen molar-refractivity contribution in [2.75, 3.05) is 6.54 Å². The molecule has 1 heterocycles. The topological polar surface area (TPSA) is 62.2 Å². The molecule has 0 saturated carbocycles. The van der Waals surface area contributed by atoms with Crippen LogP contribution >= 0.6 is 23.2 Å². The second-order valence-electron chi connectivity index (χ2n) is 5.09. The Kier molecular flexibility index (Phi) is 4.96. The summed E-state index contributed by atoms with van der Waals surface area (Å²) in [6.07, 6.45) is -0.630. The van der Waals surface area contributed by atoms with Crippen LogP contribution in [0.3, 0.4) is 0 Å². The smallest absolute Gasteiger partial charge is 0.251 e. The molecule has 1 aromatic rings. The van der Waals surface area contributed by atoms with Crippen LogP contribution in [0, 0.1) is 5.41 Å². The molecule has 1 amide bonds. The van der Waals surface area contributed by atoms with Crippen molar-refractivity contribution < 1.29 is 9.90 Å². The van der Waals surface area contributed by atoms with Crippen LogP contribution in [-0.4, -0.2) is 28.6 Å². The Hall–Kier alpha value is -0.840. The number of carbonyl (C=O) groups excluding carboxylic acids is 1. The third kappa shape index (κ3) is 4.44. The number of halogens is 2. The van der Waals surface area contributed by atoms with Gasteiger partial charge in [-0.2, -0.15) is 0 Å². The summed E-state index contributed by atoms with van der Waals surface area (Å²) >= 11 is 11.4. The summed E-state index contributed by atoms with van der Waals surface area (Å²) in [5, 5.41) is 12.8. The first-order valence-corrected chi connectivity index (χ1v) is 6.25. The Bertz CT molecular complexity index is 424. The van der Waals surface area contributed by atoms with E-state index < -0.39 is 6.10 Å². The van der Waals surface area contributed by atoms with Gasteiger partial charge in [0, 0.05) is 12.1 Å². The number of amides is 1. The van der Waals surface area contributed by atoms with Crippen molar-refractivity contribution in [3.05, 3.63) is 28.0 Å². The van der Waals surface area contributed by atoms with E-state index in [-0.39, 0.29) is 28.2 Å². The highest BCUT2D eigenvalue weighted by Crippen LogP contribution is 2.18. The Labute approximate surface area is 116 Å². The number of aliphatic hydroxyl groups is 1. The van der Waals surface area contributed by atoms with Crippen LogP contribution in [-0.2, 0) is 0 Å². The first-order valence-electron chi connectivity index (χ1n) is 5.49. The van der Waals surface area contributed by atoms with Crippen LogP contribution in [0.1, 0.15) is 31.1 Å². The minimum atomic E-state index is -0.630. The number of carbonyl (C=O) groups is 1. The van der Waals surface area contributed by atoms with Crippen LogP contribution < -0.4 is 5.32 Å². The van der Waals surface area contributed by atoms with E-state index >= 15 is 0 Å². The van der Waals surface area contributed by atoms with Crippen molar-refractivity contribution in [2.24, 2.45) is 5.41 Å². The average Bonchev–Trinajstić information content (AvgIpc) is 2.22. The summed E-state index contributed by atoms with van der Waals surface area (Å²) in [7, 11) is 0. The van der Waals surface area contributed by atoms with E-state index in [1.165, 1.54) is 12.1 Å². The Balaban J connectivity index is 2.66. The van der Waals surface area contributed by atoms with Crippen molar-refractivity contribution >= 4 is 29.1 Å². The van der Waals surface area contributed by atoms with Crippen molar-refractivity contribution in [1.82, 2.24) is 10.3 Å². The van der Waals surface area contributed by atoms with Crippen molar-refractivity contribution in [2.45, 2.75) is 26.9 Å². The normalized spacial score (nSPS) is 13.2. The van der Waals surface area contributed by atoms with Crippen LogP contribution in [0.2, 0.25) is 10.3 Å². The zero-order valence-corrected chi connectivity index (χ0v) is 12.0. The van der Waals surface area contributed by atoms with Crippen LogP contribution in [0.4, 0.5) is 0 Å². The standard InChI is InChI=1S/C12H16Cl2N2O2/c1-12(2,3)8(17)6-15-11(18)7-4-9(13)16-10(14)5-7/h4-5,8,17H,6H2,1-3H3,(H,15,18). The summed E-state index contributed by atoms with van der Waals surface area (Å²) in [6, 6.07) is 2.85. The SMILES string of the molecule is CC(C)(C)C(O)CNC(=O)c1cc(Cl)nc(Cl)c1. The first kappa shape index (κ1) is 15.2. The lowest BCUT2D eigenvalue weighted by atomic mass is 9.89. The number of nitrogens with zero attached hydrogens (tertiary/aromatic N) is 1. The number of aromatic nitrogens is 1. The van der Waals surface area contributed by atoms with Crippen molar-refractivity contribution in [3.63, 3.8) is 0 Å². The Morgan fingerprint density at radius 2 is 1.89 bits per heavy atom. The zero-order chi connectivity index (χ0) is 13.9. The summed E-state index contributed by atoms with van der Waals surface area (Å²) in [4.78, 5) is 15.6. The Morgan fingerprint density at radius 1 is 1.39 bits per heavy atom. The fourth-order valence-corrected chi connectivity index (χ4v) is 1.65. The fourth-order valence-electron chi connectivity index (χ4n) is 1.19. The van der Waals surface area contributed by atoms with Gasteiger partial charge in [0.15, 0.2) is 0 Å². The number of hydrogen-bond donors (Lipinski definition) is 2. The van der Waals surface area contributed by atoms with Gasteiger partial charge in [0.25, 0.3) is 5.91 Å². The monoisotopic (exact) mass is 290 g/mol. The summed E-state index contributed by atoms with van der Waals surface area (Å²) in [6.45, 7) is 5.85. The van der Waals surface area contributed by atoms with Gasteiger partial charge in [-0.05, 0) is 17.5 Å². The lowest BCUT2D eigenvalue weighted by Gasteiger charge is -2.25. The average molecular weight is 291 g/mol.